The first kappa shape index (κ1) is 23.6. The molecule has 4 aromatic rings. The predicted molar refractivity (Wildman–Crippen MR) is 145 cm³/mol. The lowest BCUT2D eigenvalue weighted by Gasteiger charge is -2.24. The van der Waals surface area contributed by atoms with E-state index in [0.29, 0.717) is 0 Å². The van der Waals surface area contributed by atoms with Gasteiger partial charge in [0, 0.05) is 11.9 Å². The van der Waals surface area contributed by atoms with Crippen LogP contribution < -0.4 is 4.90 Å². The van der Waals surface area contributed by atoms with Gasteiger partial charge in [-0.1, -0.05) is 109 Å². The number of allylic oxidation sites excluding steroid dienone is 4. The van der Waals surface area contributed by atoms with Crippen molar-refractivity contribution in [2.24, 2.45) is 0 Å². The number of rotatable bonds is 4. The summed E-state index contributed by atoms with van der Waals surface area (Å²) in [5.41, 5.74) is 8.21. The van der Waals surface area contributed by atoms with Gasteiger partial charge in [-0.3, -0.25) is 4.70 Å². The molecule has 1 nitrogen and oxygen atoms in total. The number of para-hydroxylation sites is 1. The fourth-order valence-electron chi connectivity index (χ4n) is 3.89. The number of benzene rings is 4. The molecule has 4 aromatic carbocycles. The van der Waals surface area contributed by atoms with Crippen LogP contribution in [0, 0.1) is 0 Å². The van der Waals surface area contributed by atoms with Gasteiger partial charge in [0.2, 0.25) is 0 Å². The van der Waals surface area contributed by atoms with Crippen LogP contribution in [0.2, 0.25) is 0 Å². The molecule has 162 valence electrons. The van der Waals surface area contributed by atoms with Gasteiger partial charge < -0.3 is 4.90 Å². The second-order valence-corrected chi connectivity index (χ2v) is 7.52. The zero-order valence-electron chi connectivity index (χ0n) is 17.6. The van der Waals surface area contributed by atoms with Crippen molar-refractivity contribution in [3.05, 3.63) is 156 Å². The topological polar surface area (TPSA) is 3.24 Å². The zero-order valence-corrected chi connectivity index (χ0v) is 17.6. The normalized spacial score (nSPS) is 12.8. The van der Waals surface area contributed by atoms with E-state index in [1.807, 2.05) is 0 Å². The lowest BCUT2D eigenvalue weighted by Crippen LogP contribution is -2.14. The molecule has 5 rings (SSSR count). The molecule has 0 aliphatic carbocycles. The molecule has 0 amide bonds. The Balaban J connectivity index is 0.00000153. The summed E-state index contributed by atoms with van der Waals surface area (Å²) in [4.78, 5) is 2.30. The Hall–Kier alpha value is -4.11. The van der Waals surface area contributed by atoms with Crippen molar-refractivity contribution in [2.75, 3.05) is 4.90 Å². The van der Waals surface area contributed by atoms with E-state index in [0.717, 1.165) is 11.4 Å². The minimum Gasteiger partial charge on any atom is -0.316 e. The summed E-state index contributed by atoms with van der Waals surface area (Å²) in [7, 11) is 0. The van der Waals surface area contributed by atoms with Crippen LogP contribution in [-0.4, -0.2) is 8.41 Å². The molecule has 0 fully saturated rings. The zero-order chi connectivity index (χ0) is 20.9. The molecule has 0 saturated carbocycles. The molecule has 0 bridgehead atoms. The third-order valence-corrected chi connectivity index (χ3v) is 5.45. The summed E-state index contributed by atoms with van der Waals surface area (Å²) in [6.45, 7) is 0. The Kier molecular flexibility index (Phi) is 7.83. The first-order valence-electron chi connectivity index (χ1n) is 10.5. The largest absolute Gasteiger partial charge is 0.316 e. The molecule has 1 heterocycles. The number of nitrogens with zero attached hydrogens (tertiary/aromatic N) is 1. The molecule has 3 heteroatoms. The number of hydrogen-bond donors (Lipinski definition) is 0. The summed E-state index contributed by atoms with van der Waals surface area (Å²) in [5, 5.41) is 0. The monoisotopic (exact) mass is 431 g/mol. The lowest BCUT2D eigenvalue weighted by atomic mass is 9.99. The highest BCUT2D eigenvalue weighted by atomic mass is 19.0. The second kappa shape index (κ2) is 11.0. The van der Waals surface area contributed by atoms with Crippen molar-refractivity contribution in [1.29, 1.82) is 0 Å². The third-order valence-electron chi connectivity index (χ3n) is 5.45. The molecule has 0 atom stereocenters. The maximum atomic E-state index is 2.30. The summed E-state index contributed by atoms with van der Waals surface area (Å²) >= 11 is 0. The average molecular weight is 431 g/mol. The minimum atomic E-state index is 0. The molecule has 0 saturated heterocycles. The van der Waals surface area contributed by atoms with Crippen LogP contribution >= 0.6 is 0 Å². The van der Waals surface area contributed by atoms with Gasteiger partial charge in [0.1, 0.15) is 0 Å². The van der Waals surface area contributed by atoms with Crippen molar-refractivity contribution in [2.45, 2.75) is 0 Å². The Bertz CT molecular complexity index is 1250. The number of halogens is 1. The first-order chi connectivity index (χ1) is 15.4. The minimum absolute atomic E-state index is 0. The number of anilines is 1. The maximum Gasteiger partial charge on any atom is 0.0814 e. The quantitative estimate of drug-likeness (QED) is 0.328. The van der Waals surface area contributed by atoms with Gasteiger partial charge in [-0.15, -0.1) is 0 Å². The van der Waals surface area contributed by atoms with Gasteiger partial charge >= 0.3 is 0 Å². The van der Waals surface area contributed by atoms with E-state index in [1.54, 1.807) is 0 Å². The Labute approximate surface area is 197 Å². The molecule has 0 spiro atoms. The Morgan fingerprint density at radius 1 is 0.424 bits per heavy atom. The van der Waals surface area contributed by atoms with Crippen molar-refractivity contribution >= 4 is 30.9 Å². The highest BCUT2D eigenvalue weighted by Gasteiger charge is 2.18. The van der Waals surface area contributed by atoms with Gasteiger partial charge in [0.05, 0.1) is 14.1 Å². The van der Waals surface area contributed by atoms with Crippen LogP contribution in [0.5, 0.6) is 0 Å². The molecular weight excluding hydrogens is 404 g/mol. The Morgan fingerprint density at radius 3 is 1.36 bits per heavy atom. The van der Waals surface area contributed by atoms with E-state index in [1.165, 1.54) is 27.8 Å². The maximum absolute atomic E-state index is 2.30. The molecule has 1 aliphatic heterocycles. The fraction of sp³-hybridized carbons (Fsp3) is 0. The third kappa shape index (κ3) is 5.21. The van der Waals surface area contributed by atoms with Crippen LogP contribution in [0.4, 0.5) is 10.4 Å². The predicted octanol–water partition coefficient (Wildman–Crippen LogP) is 6.64. The van der Waals surface area contributed by atoms with Crippen LogP contribution in [0.3, 0.4) is 0 Å². The van der Waals surface area contributed by atoms with Crippen molar-refractivity contribution < 1.29 is 4.70 Å². The van der Waals surface area contributed by atoms with Gasteiger partial charge in [0.25, 0.3) is 0 Å². The molecule has 0 N–H and O–H groups in total. The van der Waals surface area contributed by atoms with E-state index in [2.05, 4.69) is 145 Å². The van der Waals surface area contributed by atoms with Crippen LogP contribution in [0.15, 0.2) is 140 Å². The molecular formula is C30H27BFN. The number of hydrogen-bond acceptors (Lipinski definition) is 1. The van der Waals surface area contributed by atoms with E-state index in [-0.39, 0.29) is 13.1 Å². The summed E-state index contributed by atoms with van der Waals surface area (Å²) in [6.07, 6.45) is 6.83. The molecule has 0 aromatic heterocycles. The molecule has 0 radical (unpaired) electrons. The van der Waals surface area contributed by atoms with Gasteiger partial charge in [0.15, 0.2) is 0 Å². The van der Waals surface area contributed by atoms with Gasteiger partial charge in [-0.05, 0) is 52.1 Å². The van der Waals surface area contributed by atoms with E-state index >= 15 is 0 Å². The second-order valence-electron chi connectivity index (χ2n) is 7.52. The van der Waals surface area contributed by atoms with E-state index in [4.69, 9.17) is 0 Å². The highest BCUT2D eigenvalue weighted by Crippen LogP contribution is 2.36. The van der Waals surface area contributed by atoms with Crippen LogP contribution in [0.25, 0.3) is 16.8 Å². The highest BCUT2D eigenvalue weighted by molar-refractivity contribution is 5.99. The fourth-order valence-corrected chi connectivity index (χ4v) is 3.89. The van der Waals surface area contributed by atoms with E-state index < -0.39 is 0 Å². The van der Waals surface area contributed by atoms with E-state index in [9.17, 15) is 0 Å². The van der Waals surface area contributed by atoms with Crippen LogP contribution in [-0.2, 0) is 0 Å². The average Bonchev–Trinajstić information content (AvgIpc) is 3.07. The van der Waals surface area contributed by atoms with Gasteiger partial charge in [-0.25, -0.2) is 0 Å². The SMILES string of the molecule is B.C1=C(c2ccccc2)C=C(c2ccccc2)N(c2ccccc2)C=C1c1ccccc1.F. The van der Waals surface area contributed by atoms with Crippen LogP contribution in [0.1, 0.15) is 16.7 Å². The van der Waals surface area contributed by atoms with Gasteiger partial charge in [-0.2, -0.15) is 0 Å². The van der Waals surface area contributed by atoms with Crippen molar-refractivity contribution in [3.8, 4) is 0 Å². The summed E-state index contributed by atoms with van der Waals surface area (Å²) < 4.78 is 0. The molecule has 33 heavy (non-hydrogen) atoms. The Morgan fingerprint density at radius 2 is 0.848 bits per heavy atom. The smallest absolute Gasteiger partial charge is 0.0814 e. The summed E-state index contributed by atoms with van der Waals surface area (Å²) in [5.74, 6) is 0. The summed E-state index contributed by atoms with van der Waals surface area (Å²) in [6, 6.07) is 42.3. The van der Waals surface area contributed by atoms with Crippen molar-refractivity contribution in [1.82, 2.24) is 0 Å². The lowest BCUT2D eigenvalue weighted by molar-refractivity contribution is 1.11. The standard InChI is InChI=1S/C30H23N.BH3.FH/c1-5-13-24(14-6-1)27-21-28(25-15-7-2-8-16-25)23-31(29-19-11-4-12-20-29)30(22-27)26-17-9-3-10-18-26;;/h1-23H;1H3;1H. The van der Waals surface area contributed by atoms with Crippen molar-refractivity contribution in [3.63, 3.8) is 0 Å². The first-order valence-corrected chi connectivity index (χ1v) is 10.5. The molecule has 1 aliphatic rings. The molecule has 0 unspecified atom stereocenters.